The van der Waals surface area contributed by atoms with E-state index in [0.29, 0.717) is 19.8 Å². The van der Waals surface area contributed by atoms with Crippen molar-refractivity contribution in [3.05, 3.63) is 84.4 Å². The minimum absolute atomic E-state index is 0.0843. The molecule has 104 valence electrons. The van der Waals surface area contributed by atoms with E-state index < -0.39 is 0 Å². The van der Waals surface area contributed by atoms with Crippen molar-refractivity contribution in [2.45, 2.75) is 19.3 Å². The molecule has 2 aromatic rings. The quantitative estimate of drug-likeness (QED) is 0.674. The summed E-state index contributed by atoms with van der Waals surface area (Å²) >= 11 is 0. The number of ether oxygens (including phenoxy) is 2. The summed E-state index contributed by atoms with van der Waals surface area (Å²) in [6, 6.07) is 20.2. The molecule has 2 heteroatoms. The van der Waals surface area contributed by atoms with Gasteiger partial charge in [-0.05, 0) is 11.1 Å². The Bertz CT molecular complexity index is 493. The van der Waals surface area contributed by atoms with Crippen LogP contribution in [0.3, 0.4) is 0 Å². The second-order valence-electron chi connectivity index (χ2n) is 4.57. The molecule has 0 radical (unpaired) electrons. The maximum absolute atomic E-state index is 5.77. The first-order valence-electron chi connectivity index (χ1n) is 6.78. The molecule has 0 saturated carbocycles. The lowest BCUT2D eigenvalue weighted by molar-refractivity contribution is -0.00510. The first-order chi connectivity index (χ1) is 9.88. The molecule has 0 fully saturated rings. The molecule has 20 heavy (non-hydrogen) atoms. The summed E-state index contributed by atoms with van der Waals surface area (Å²) in [6.45, 7) is 5.49. The van der Waals surface area contributed by atoms with Crippen LogP contribution in [0.1, 0.15) is 11.1 Å². The van der Waals surface area contributed by atoms with Gasteiger partial charge in [0.05, 0.1) is 25.9 Å². The van der Waals surface area contributed by atoms with Crippen molar-refractivity contribution in [1.82, 2.24) is 0 Å². The standard InChI is InChI=1S/C18H20O2/c1-2-18(20-14-17-11-7-4-8-12-17)15-19-13-16-9-5-3-6-10-16/h2-12,18H,1,13-15H2/t18-/m0/s1. The first kappa shape index (κ1) is 14.5. The third kappa shape index (κ3) is 5.00. The zero-order chi connectivity index (χ0) is 14.0. The molecule has 0 saturated heterocycles. The summed E-state index contributed by atoms with van der Waals surface area (Å²) in [7, 11) is 0. The Morgan fingerprint density at radius 1 is 0.850 bits per heavy atom. The lowest BCUT2D eigenvalue weighted by atomic mass is 10.2. The van der Waals surface area contributed by atoms with E-state index in [-0.39, 0.29) is 6.10 Å². The maximum Gasteiger partial charge on any atom is 0.0991 e. The van der Waals surface area contributed by atoms with E-state index in [1.165, 1.54) is 5.56 Å². The van der Waals surface area contributed by atoms with Gasteiger partial charge in [0.2, 0.25) is 0 Å². The summed E-state index contributed by atoms with van der Waals surface area (Å²) in [5, 5.41) is 0. The van der Waals surface area contributed by atoms with Gasteiger partial charge in [-0.25, -0.2) is 0 Å². The molecule has 0 aliphatic heterocycles. The van der Waals surface area contributed by atoms with Gasteiger partial charge in [0, 0.05) is 0 Å². The fraction of sp³-hybridized carbons (Fsp3) is 0.222. The summed E-state index contributed by atoms with van der Waals surface area (Å²) in [5.41, 5.74) is 2.32. The van der Waals surface area contributed by atoms with E-state index in [0.717, 1.165) is 5.56 Å². The molecule has 0 bridgehead atoms. The molecule has 0 spiro atoms. The first-order valence-corrected chi connectivity index (χ1v) is 6.78. The normalized spacial score (nSPS) is 12.0. The van der Waals surface area contributed by atoms with Crippen molar-refractivity contribution in [1.29, 1.82) is 0 Å². The van der Waals surface area contributed by atoms with Gasteiger partial charge in [-0.3, -0.25) is 0 Å². The van der Waals surface area contributed by atoms with Gasteiger partial charge in [-0.2, -0.15) is 0 Å². The average Bonchev–Trinajstić information content (AvgIpc) is 2.52. The van der Waals surface area contributed by atoms with Crippen LogP contribution in [0.15, 0.2) is 73.3 Å². The van der Waals surface area contributed by atoms with Crippen LogP contribution in [0.2, 0.25) is 0 Å². The topological polar surface area (TPSA) is 18.5 Å². The Balaban J connectivity index is 1.71. The molecule has 0 aliphatic carbocycles. The molecule has 0 heterocycles. The molecule has 2 nitrogen and oxygen atoms in total. The van der Waals surface area contributed by atoms with Crippen molar-refractivity contribution in [2.24, 2.45) is 0 Å². The minimum Gasteiger partial charge on any atom is -0.374 e. The molecule has 0 N–H and O–H groups in total. The van der Waals surface area contributed by atoms with Crippen molar-refractivity contribution in [3.8, 4) is 0 Å². The van der Waals surface area contributed by atoms with Crippen LogP contribution in [-0.4, -0.2) is 12.7 Å². The molecule has 0 aromatic heterocycles. The number of benzene rings is 2. The lowest BCUT2D eigenvalue weighted by Gasteiger charge is -2.14. The second kappa shape index (κ2) is 8.31. The van der Waals surface area contributed by atoms with Gasteiger partial charge in [-0.15, -0.1) is 6.58 Å². The van der Waals surface area contributed by atoms with Crippen molar-refractivity contribution >= 4 is 0 Å². The largest absolute Gasteiger partial charge is 0.374 e. The molecule has 2 aromatic carbocycles. The van der Waals surface area contributed by atoms with Crippen molar-refractivity contribution < 1.29 is 9.47 Å². The number of hydrogen-bond acceptors (Lipinski definition) is 2. The van der Waals surface area contributed by atoms with Crippen LogP contribution in [0.25, 0.3) is 0 Å². The second-order valence-corrected chi connectivity index (χ2v) is 4.57. The third-order valence-electron chi connectivity index (χ3n) is 2.96. The molecule has 0 aliphatic rings. The van der Waals surface area contributed by atoms with Crippen LogP contribution in [0.5, 0.6) is 0 Å². The summed E-state index contributed by atoms with van der Waals surface area (Å²) in [5.74, 6) is 0. The highest BCUT2D eigenvalue weighted by Gasteiger charge is 2.05. The van der Waals surface area contributed by atoms with Crippen LogP contribution < -0.4 is 0 Å². The van der Waals surface area contributed by atoms with E-state index in [9.17, 15) is 0 Å². The average molecular weight is 268 g/mol. The zero-order valence-corrected chi connectivity index (χ0v) is 11.6. The highest BCUT2D eigenvalue weighted by atomic mass is 16.5. The Labute approximate surface area is 120 Å². The van der Waals surface area contributed by atoms with E-state index in [1.54, 1.807) is 6.08 Å². The Kier molecular flexibility index (Phi) is 6.03. The molecule has 1 atom stereocenters. The Morgan fingerprint density at radius 3 is 1.95 bits per heavy atom. The molecular formula is C18H20O2. The SMILES string of the molecule is C=C[C@@H](COCc1ccccc1)OCc1ccccc1. The predicted octanol–water partition coefficient (Wildman–Crippen LogP) is 3.97. The minimum atomic E-state index is -0.0843. The monoisotopic (exact) mass is 268 g/mol. The number of hydrogen-bond donors (Lipinski definition) is 0. The maximum atomic E-state index is 5.77. The molecule has 0 amide bonds. The summed E-state index contributed by atoms with van der Waals surface area (Å²) < 4.78 is 11.4. The van der Waals surface area contributed by atoms with E-state index in [2.05, 4.69) is 6.58 Å². The highest BCUT2D eigenvalue weighted by Crippen LogP contribution is 2.06. The van der Waals surface area contributed by atoms with Crippen LogP contribution in [0, 0.1) is 0 Å². The van der Waals surface area contributed by atoms with Crippen LogP contribution >= 0.6 is 0 Å². The van der Waals surface area contributed by atoms with Gasteiger partial charge < -0.3 is 9.47 Å². The van der Waals surface area contributed by atoms with Gasteiger partial charge in [0.15, 0.2) is 0 Å². The third-order valence-corrected chi connectivity index (χ3v) is 2.96. The van der Waals surface area contributed by atoms with Gasteiger partial charge in [-0.1, -0.05) is 66.7 Å². The summed E-state index contributed by atoms with van der Waals surface area (Å²) in [6.07, 6.45) is 1.70. The van der Waals surface area contributed by atoms with Gasteiger partial charge in [0.1, 0.15) is 0 Å². The van der Waals surface area contributed by atoms with E-state index in [1.807, 2.05) is 60.7 Å². The molecule has 0 unspecified atom stereocenters. The Morgan fingerprint density at radius 2 is 1.40 bits per heavy atom. The molecular weight excluding hydrogens is 248 g/mol. The number of rotatable bonds is 8. The smallest absolute Gasteiger partial charge is 0.0991 e. The Hall–Kier alpha value is -1.90. The predicted molar refractivity (Wildman–Crippen MR) is 81.3 cm³/mol. The highest BCUT2D eigenvalue weighted by molar-refractivity contribution is 5.14. The summed E-state index contributed by atoms with van der Waals surface area (Å²) in [4.78, 5) is 0. The van der Waals surface area contributed by atoms with E-state index in [4.69, 9.17) is 9.47 Å². The van der Waals surface area contributed by atoms with Crippen LogP contribution in [-0.2, 0) is 22.7 Å². The van der Waals surface area contributed by atoms with E-state index >= 15 is 0 Å². The fourth-order valence-electron chi connectivity index (χ4n) is 1.83. The van der Waals surface area contributed by atoms with Gasteiger partial charge >= 0.3 is 0 Å². The molecule has 2 rings (SSSR count). The van der Waals surface area contributed by atoms with Crippen molar-refractivity contribution in [3.63, 3.8) is 0 Å². The fourth-order valence-corrected chi connectivity index (χ4v) is 1.83. The lowest BCUT2D eigenvalue weighted by Crippen LogP contribution is -2.17. The van der Waals surface area contributed by atoms with Crippen molar-refractivity contribution in [2.75, 3.05) is 6.61 Å². The van der Waals surface area contributed by atoms with Crippen LogP contribution in [0.4, 0.5) is 0 Å². The van der Waals surface area contributed by atoms with Gasteiger partial charge in [0.25, 0.3) is 0 Å². The zero-order valence-electron chi connectivity index (χ0n) is 11.6.